The van der Waals surface area contributed by atoms with Crippen molar-refractivity contribution in [3.63, 3.8) is 0 Å². The number of aliphatic hydroxyl groups excluding tert-OH is 1. The van der Waals surface area contributed by atoms with Gasteiger partial charge in [0.1, 0.15) is 29.9 Å². The Morgan fingerprint density at radius 3 is 2.20 bits per heavy atom. The third-order valence-corrected chi connectivity index (χ3v) is 15.3. The van der Waals surface area contributed by atoms with Crippen molar-refractivity contribution in [2.24, 2.45) is 5.92 Å². The van der Waals surface area contributed by atoms with Gasteiger partial charge in [0, 0.05) is 35.6 Å². The van der Waals surface area contributed by atoms with Gasteiger partial charge in [-0.15, -0.1) is 0 Å². The molecule has 13 heteroatoms. The number of ether oxygens (including phenoxy) is 3. The van der Waals surface area contributed by atoms with E-state index in [1.165, 1.54) is 0 Å². The molecule has 5 aliphatic rings. The van der Waals surface area contributed by atoms with Gasteiger partial charge < -0.3 is 34.9 Å². The highest BCUT2D eigenvalue weighted by atomic mass is 16.6. The van der Waals surface area contributed by atoms with Crippen LogP contribution in [0.15, 0.2) is 169 Å². The standard InChI is InChI=1S/C62H59N5O8/c1-41(44-18-8-3-9-19-44)63-61(72)66-51-33-28-43(27-26-42-16-6-2-7-17-42)40-50(51)62(60(66)71)53(58(69)64-47-29-31-48(32-30-47)65-34-37-73-38-35-65)55-59(70)75-56(46-22-12-5-13-23-46)54(45-20-10-4-11-21-45)67(55)57(62)49-24-14-15-25-52(49)74-39-36-68/h3-5,8-16,18-25,28-33,40-41,53-57,68H,2,6-7,17,34-39H2,1H3,(H,63,72)(H,64,69)/t41-,53-,54-,55-,56+,57+,62-/m1/s1. The van der Waals surface area contributed by atoms with E-state index in [2.05, 4.69) is 33.5 Å². The summed E-state index contributed by atoms with van der Waals surface area (Å²) < 4.78 is 18.7. The van der Waals surface area contributed by atoms with Gasteiger partial charge in [-0.05, 0) is 109 Å². The monoisotopic (exact) mass is 1000 g/mol. The van der Waals surface area contributed by atoms with Crippen LogP contribution < -0.4 is 25.2 Å². The van der Waals surface area contributed by atoms with Crippen LogP contribution >= 0.6 is 0 Å². The molecule has 13 nitrogen and oxygen atoms in total. The minimum atomic E-state index is -2.07. The van der Waals surface area contributed by atoms with Crippen LogP contribution in [0, 0.1) is 17.8 Å². The second-order valence-corrected chi connectivity index (χ2v) is 19.7. The first-order valence-electron chi connectivity index (χ1n) is 26.0. The molecule has 3 fully saturated rings. The number of morpholine rings is 2. The number of urea groups is 1. The first-order valence-corrected chi connectivity index (χ1v) is 26.0. The Labute approximate surface area is 437 Å². The number of carbonyl (C=O) groups excluding carboxylic acids is 4. The Hall–Kier alpha value is -8.02. The summed E-state index contributed by atoms with van der Waals surface area (Å²) >= 11 is 0. The van der Waals surface area contributed by atoms with Gasteiger partial charge in [0.05, 0.1) is 49.6 Å². The molecule has 4 aliphatic heterocycles. The number of esters is 1. The average molecular weight is 1000 g/mol. The number of aliphatic hydroxyl groups is 1. The number of cyclic esters (lactones) is 1. The number of carbonyl (C=O) groups is 4. The topological polar surface area (TPSA) is 150 Å². The summed E-state index contributed by atoms with van der Waals surface area (Å²) in [6.07, 6.45) is 5.13. The lowest BCUT2D eigenvalue weighted by Crippen LogP contribution is -2.55. The minimum Gasteiger partial charge on any atom is -0.491 e. The molecule has 75 heavy (non-hydrogen) atoms. The Bertz CT molecular complexity index is 3170. The maximum atomic E-state index is 17.0. The molecular formula is C62H59N5O8. The predicted molar refractivity (Wildman–Crippen MR) is 286 cm³/mol. The second-order valence-electron chi connectivity index (χ2n) is 19.7. The SMILES string of the molecule is C[C@@H](NC(=O)N1C(=O)[C@@]2(c3cc(C#CC4=CCCCC4)ccc31)[C@H](c1ccccc1OCCO)N1[C@H](c3ccccc3)[C@H](c3ccccc3)OC(=O)[C@H]1[C@@H]2C(=O)Nc1ccc(N2CCOCC2)cc1)c1ccccc1. The van der Waals surface area contributed by atoms with Gasteiger partial charge in [-0.3, -0.25) is 19.3 Å². The zero-order valence-electron chi connectivity index (χ0n) is 41.8. The molecule has 0 aromatic heterocycles. The van der Waals surface area contributed by atoms with Crippen LogP contribution in [-0.4, -0.2) is 79.4 Å². The van der Waals surface area contributed by atoms with Crippen molar-refractivity contribution in [3.05, 3.63) is 203 Å². The van der Waals surface area contributed by atoms with Crippen LogP contribution in [0.4, 0.5) is 21.9 Å². The Balaban J connectivity index is 1.17. The van der Waals surface area contributed by atoms with Crippen LogP contribution in [0.1, 0.15) is 90.2 Å². The number of para-hydroxylation sites is 1. The lowest BCUT2D eigenvalue weighted by molar-refractivity contribution is -0.177. The summed E-state index contributed by atoms with van der Waals surface area (Å²) in [5, 5.41) is 16.5. The second kappa shape index (κ2) is 21.4. The average Bonchev–Trinajstić information content (AvgIpc) is 3.96. The number of allylic oxidation sites excluding steroid dienone is 2. The zero-order chi connectivity index (χ0) is 51.5. The van der Waals surface area contributed by atoms with Crippen LogP contribution in [0.5, 0.6) is 5.75 Å². The lowest BCUT2D eigenvalue weighted by atomic mass is 9.65. The number of amides is 4. The number of fused-ring (bicyclic) bond motifs is 3. The quantitative estimate of drug-likeness (QED) is 0.0847. The highest BCUT2D eigenvalue weighted by Gasteiger charge is 2.76. The van der Waals surface area contributed by atoms with Crippen LogP contribution in [-0.2, 0) is 29.3 Å². The van der Waals surface area contributed by atoms with E-state index >= 15 is 19.2 Å². The first-order chi connectivity index (χ1) is 36.8. The van der Waals surface area contributed by atoms with Gasteiger partial charge in [-0.25, -0.2) is 9.69 Å². The van der Waals surface area contributed by atoms with Gasteiger partial charge in [-0.1, -0.05) is 127 Å². The number of imide groups is 1. The van der Waals surface area contributed by atoms with E-state index in [4.69, 9.17) is 14.2 Å². The molecule has 0 saturated carbocycles. The molecule has 3 saturated heterocycles. The summed E-state index contributed by atoms with van der Waals surface area (Å²) in [5.41, 5.74) is 4.24. The summed E-state index contributed by atoms with van der Waals surface area (Å²) in [6, 6.07) is 44.0. The van der Waals surface area contributed by atoms with E-state index in [9.17, 15) is 5.11 Å². The highest BCUT2D eigenvalue weighted by Crippen LogP contribution is 2.67. The summed E-state index contributed by atoms with van der Waals surface area (Å²) in [7, 11) is 0. The lowest BCUT2D eigenvalue weighted by Gasteiger charge is -2.46. The third-order valence-electron chi connectivity index (χ3n) is 15.3. The zero-order valence-corrected chi connectivity index (χ0v) is 41.8. The summed E-state index contributed by atoms with van der Waals surface area (Å²) in [5.74, 6) is 3.48. The van der Waals surface area contributed by atoms with Crippen molar-refractivity contribution >= 4 is 40.9 Å². The largest absolute Gasteiger partial charge is 0.491 e. The van der Waals surface area contributed by atoms with E-state index in [-0.39, 0.29) is 18.9 Å². The molecule has 3 N–H and O–H groups in total. The number of nitrogens with zero attached hydrogens (tertiary/aromatic N) is 3. The minimum absolute atomic E-state index is 0.0899. The van der Waals surface area contributed by atoms with E-state index in [0.29, 0.717) is 60.0 Å². The molecule has 4 amide bonds. The summed E-state index contributed by atoms with van der Waals surface area (Å²) in [4.78, 5) is 69.6. The van der Waals surface area contributed by atoms with Gasteiger partial charge in [0.2, 0.25) is 11.8 Å². The molecule has 0 radical (unpaired) electrons. The van der Waals surface area contributed by atoms with Crippen molar-refractivity contribution in [1.82, 2.24) is 10.2 Å². The maximum absolute atomic E-state index is 17.0. The first kappa shape index (κ1) is 49.2. The Morgan fingerprint density at radius 2 is 1.49 bits per heavy atom. The molecule has 0 bridgehead atoms. The van der Waals surface area contributed by atoms with E-state index < -0.39 is 65.4 Å². The number of anilines is 3. The van der Waals surface area contributed by atoms with Crippen molar-refractivity contribution in [3.8, 4) is 17.6 Å². The van der Waals surface area contributed by atoms with Crippen LogP contribution in [0.25, 0.3) is 0 Å². The van der Waals surface area contributed by atoms with E-state index in [0.717, 1.165) is 53.0 Å². The normalized spacial score (nSPS) is 23.5. The predicted octanol–water partition coefficient (Wildman–Crippen LogP) is 9.52. The van der Waals surface area contributed by atoms with Crippen molar-refractivity contribution < 1.29 is 38.5 Å². The third kappa shape index (κ3) is 9.24. The fourth-order valence-corrected chi connectivity index (χ4v) is 11.9. The molecule has 6 aromatic rings. The van der Waals surface area contributed by atoms with Crippen molar-refractivity contribution in [2.75, 3.05) is 54.6 Å². The molecule has 11 rings (SSSR count). The van der Waals surface area contributed by atoms with Crippen molar-refractivity contribution in [2.45, 2.75) is 68.3 Å². The number of hydrogen-bond acceptors (Lipinski definition) is 10. The molecule has 0 unspecified atom stereocenters. The molecule has 380 valence electrons. The number of nitrogens with one attached hydrogen (secondary N) is 2. The molecule has 1 aliphatic carbocycles. The molecule has 1 spiro atoms. The van der Waals surface area contributed by atoms with Gasteiger partial charge in [0.25, 0.3) is 0 Å². The van der Waals surface area contributed by atoms with Crippen molar-refractivity contribution in [1.29, 1.82) is 0 Å². The molecule has 6 aromatic carbocycles. The van der Waals surface area contributed by atoms with Crippen LogP contribution in [0.3, 0.4) is 0 Å². The maximum Gasteiger partial charge on any atom is 0.329 e. The number of rotatable bonds is 11. The molecule has 4 heterocycles. The molecular weight excluding hydrogens is 943 g/mol. The van der Waals surface area contributed by atoms with Gasteiger partial charge >= 0.3 is 12.0 Å². The fraction of sp³-hybridized carbons (Fsp3) is 0.290. The summed E-state index contributed by atoms with van der Waals surface area (Å²) in [6.45, 7) is 4.08. The van der Waals surface area contributed by atoms with Crippen LogP contribution in [0.2, 0.25) is 0 Å². The Morgan fingerprint density at radius 1 is 0.800 bits per heavy atom. The smallest absolute Gasteiger partial charge is 0.329 e. The molecule has 7 atom stereocenters. The van der Waals surface area contributed by atoms with E-state index in [1.54, 1.807) is 24.3 Å². The number of hydrogen-bond donors (Lipinski definition) is 3. The highest BCUT2D eigenvalue weighted by molar-refractivity contribution is 6.25. The Kier molecular flexibility index (Phi) is 14.1. The van der Waals surface area contributed by atoms with E-state index in [1.807, 2.05) is 145 Å². The van der Waals surface area contributed by atoms with Gasteiger partial charge in [-0.2, -0.15) is 0 Å². The fourth-order valence-electron chi connectivity index (χ4n) is 11.9. The number of benzene rings is 6. The van der Waals surface area contributed by atoms with Gasteiger partial charge in [0.15, 0.2) is 0 Å².